The lowest BCUT2D eigenvalue weighted by molar-refractivity contribution is -0.122. The molecule has 1 aliphatic carbocycles. The minimum absolute atomic E-state index is 0.0694. The topological polar surface area (TPSA) is 49.3 Å². The van der Waals surface area contributed by atoms with E-state index in [2.05, 4.69) is 24.4 Å². The van der Waals surface area contributed by atoms with E-state index in [-0.39, 0.29) is 17.6 Å². The lowest BCUT2D eigenvalue weighted by atomic mass is 10.1. The smallest absolute Gasteiger partial charge is 0.224 e. The maximum absolute atomic E-state index is 12.1. The average Bonchev–Trinajstić information content (AvgIpc) is 3.28. The first-order valence-corrected chi connectivity index (χ1v) is 7.25. The summed E-state index contributed by atoms with van der Waals surface area (Å²) in [7, 11) is 0. The summed E-state index contributed by atoms with van der Waals surface area (Å²) >= 11 is 0. The highest BCUT2D eigenvalue weighted by molar-refractivity contribution is 5.82. The van der Waals surface area contributed by atoms with E-state index in [0.29, 0.717) is 12.5 Å². The molecule has 0 aliphatic heterocycles. The van der Waals surface area contributed by atoms with Crippen molar-refractivity contribution < 1.29 is 9.90 Å². The summed E-state index contributed by atoms with van der Waals surface area (Å²) in [5, 5.41) is 12.3. The summed E-state index contributed by atoms with van der Waals surface area (Å²) in [5.41, 5.74) is 3.47. The Kier molecular flexibility index (Phi) is 3.65. The Hall–Kier alpha value is -2.29. The first-order valence-electron chi connectivity index (χ1n) is 7.25. The molecule has 0 radical (unpaired) electrons. The van der Waals surface area contributed by atoms with Crippen LogP contribution in [-0.2, 0) is 11.3 Å². The molecule has 0 spiro atoms. The van der Waals surface area contributed by atoms with Gasteiger partial charge in [0, 0.05) is 12.5 Å². The molecule has 2 atom stereocenters. The lowest BCUT2D eigenvalue weighted by Gasteiger charge is -2.06. The summed E-state index contributed by atoms with van der Waals surface area (Å²) in [6.07, 6.45) is 0.893. The van der Waals surface area contributed by atoms with Crippen molar-refractivity contribution in [3.63, 3.8) is 0 Å². The molecule has 108 valence electrons. The van der Waals surface area contributed by atoms with E-state index in [1.54, 1.807) is 12.1 Å². The average molecular weight is 281 g/mol. The van der Waals surface area contributed by atoms with Crippen molar-refractivity contribution in [1.82, 2.24) is 5.32 Å². The number of benzene rings is 2. The minimum Gasteiger partial charge on any atom is -0.508 e. The van der Waals surface area contributed by atoms with Gasteiger partial charge in [-0.2, -0.15) is 0 Å². The Balaban J connectivity index is 1.53. The summed E-state index contributed by atoms with van der Waals surface area (Å²) in [4.78, 5) is 12.1. The molecule has 2 unspecified atom stereocenters. The molecule has 3 nitrogen and oxygen atoms in total. The predicted molar refractivity (Wildman–Crippen MR) is 82.0 cm³/mol. The van der Waals surface area contributed by atoms with Crippen molar-refractivity contribution in [2.24, 2.45) is 5.92 Å². The van der Waals surface area contributed by atoms with E-state index >= 15 is 0 Å². The molecule has 1 fully saturated rings. The first kappa shape index (κ1) is 13.7. The lowest BCUT2D eigenvalue weighted by Crippen LogP contribution is -2.24. The predicted octanol–water partition coefficient (Wildman–Crippen LogP) is 3.12. The Morgan fingerprint density at radius 2 is 1.81 bits per heavy atom. The van der Waals surface area contributed by atoms with Gasteiger partial charge in [0.05, 0.1) is 0 Å². The van der Waals surface area contributed by atoms with E-state index in [4.69, 9.17) is 0 Å². The second-order valence-corrected chi connectivity index (χ2v) is 5.74. The molecule has 2 aromatic carbocycles. The number of amides is 1. The number of aromatic hydroxyl groups is 1. The zero-order valence-electron chi connectivity index (χ0n) is 12.0. The maximum atomic E-state index is 12.1. The highest BCUT2D eigenvalue weighted by Crippen LogP contribution is 2.47. The molecule has 2 N–H and O–H groups in total. The molecule has 0 saturated heterocycles. The van der Waals surface area contributed by atoms with E-state index in [0.717, 1.165) is 17.5 Å². The number of rotatable bonds is 4. The summed E-state index contributed by atoms with van der Waals surface area (Å²) < 4.78 is 0. The first-order chi connectivity index (χ1) is 10.1. The summed E-state index contributed by atoms with van der Waals surface area (Å²) in [6.45, 7) is 2.63. The van der Waals surface area contributed by atoms with Crippen molar-refractivity contribution in [1.29, 1.82) is 0 Å². The van der Waals surface area contributed by atoms with Gasteiger partial charge in [0.1, 0.15) is 5.75 Å². The number of carbonyl (C=O) groups excluding carboxylic acids is 1. The third kappa shape index (κ3) is 3.24. The number of nitrogens with one attached hydrogen (secondary N) is 1. The third-order valence-electron chi connectivity index (χ3n) is 4.04. The Morgan fingerprint density at radius 1 is 1.14 bits per heavy atom. The van der Waals surface area contributed by atoms with Gasteiger partial charge in [-0.3, -0.25) is 4.79 Å². The number of aryl methyl sites for hydroxylation is 1. The number of phenols is 1. The maximum Gasteiger partial charge on any atom is 0.224 e. The van der Waals surface area contributed by atoms with E-state index in [9.17, 15) is 9.90 Å². The van der Waals surface area contributed by atoms with Crippen molar-refractivity contribution >= 4 is 5.91 Å². The van der Waals surface area contributed by atoms with Crippen LogP contribution in [0.5, 0.6) is 5.75 Å². The molecule has 1 saturated carbocycles. The van der Waals surface area contributed by atoms with Crippen LogP contribution in [0.1, 0.15) is 29.0 Å². The van der Waals surface area contributed by atoms with Crippen LogP contribution in [0.25, 0.3) is 0 Å². The van der Waals surface area contributed by atoms with Crippen LogP contribution in [0, 0.1) is 12.8 Å². The van der Waals surface area contributed by atoms with Gasteiger partial charge in [0.15, 0.2) is 0 Å². The van der Waals surface area contributed by atoms with E-state index < -0.39 is 0 Å². The summed E-state index contributed by atoms with van der Waals surface area (Å²) in [6, 6.07) is 15.3. The monoisotopic (exact) mass is 281 g/mol. The van der Waals surface area contributed by atoms with Crippen molar-refractivity contribution in [3.05, 3.63) is 65.2 Å². The Morgan fingerprint density at radius 3 is 2.48 bits per heavy atom. The largest absolute Gasteiger partial charge is 0.508 e. The van der Waals surface area contributed by atoms with Crippen molar-refractivity contribution in [2.45, 2.75) is 25.8 Å². The van der Waals surface area contributed by atoms with Gasteiger partial charge in [-0.25, -0.2) is 0 Å². The van der Waals surface area contributed by atoms with Gasteiger partial charge in [-0.1, -0.05) is 42.0 Å². The second kappa shape index (κ2) is 5.60. The van der Waals surface area contributed by atoms with Crippen LogP contribution in [0.15, 0.2) is 48.5 Å². The number of hydrogen-bond donors (Lipinski definition) is 2. The van der Waals surface area contributed by atoms with Crippen molar-refractivity contribution in [3.8, 4) is 5.75 Å². The molecular formula is C18H19NO2. The number of phenolic OH excluding ortho intramolecular Hbond substituents is 1. The second-order valence-electron chi connectivity index (χ2n) is 5.74. The van der Waals surface area contributed by atoms with Crippen LogP contribution in [0.4, 0.5) is 0 Å². The zero-order valence-corrected chi connectivity index (χ0v) is 12.0. The number of carbonyl (C=O) groups is 1. The van der Waals surface area contributed by atoms with Gasteiger partial charge in [0.2, 0.25) is 5.91 Å². The Labute approximate surface area is 124 Å². The van der Waals surface area contributed by atoms with Crippen LogP contribution in [0.2, 0.25) is 0 Å². The fourth-order valence-electron chi connectivity index (χ4n) is 2.60. The van der Waals surface area contributed by atoms with Gasteiger partial charge in [-0.15, -0.1) is 0 Å². The van der Waals surface area contributed by atoms with Crippen LogP contribution in [0.3, 0.4) is 0 Å². The standard InChI is InChI=1S/C18H19NO2/c1-12-2-4-13(5-3-12)11-19-18(21)17-10-16(17)14-6-8-15(20)9-7-14/h2-9,16-17,20H,10-11H2,1H3,(H,19,21). The molecule has 1 aliphatic rings. The van der Waals surface area contributed by atoms with Crippen LogP contribution < -0.4 is 5.32 Å². The highest BCUT2D eigenvalue weighted by atomic mass is 16.3. The molecule has 0 aromatic heterocycles. The molecule has 3 rings (SSSR count). The molecular weight excluding hydrogens is 262 g/mol. The molecule has 2 aromatic rings. The normalized spacial score (nSPS) is 20.0. The van der Waals surface area contributed by atoms with E-state index in [1.165, 1.54) is 5.56 Å². The van der Waals surface area contributed by atoms with Gasteiger partial charge in [-0.05, 0) is 42.5 Å². The molecule has 3 heteroatoms. The van der Waals surface area contributed by atoms with Crippen LogP contribution in [-0.4, -0.2) is 11.0 Å². The molecule has 21 heavy (non-hydrogen) atoms. The highest BCUT2D eigenvalue weighted by Gasteiger charge is 2.43. The minimum atomic E-state index is 0.0694. The quantitative estimate of drug-likeness (QED) is 0.904. The Bertz CT molecular complexity index is 631. The van der Waals surface area contributed by atoms with Gasteiger partial charge < -0.3 is 10.4 Å². The SMILES string of the molecule is Cc1ccc(CNC(=O)C2CC2c2ccc(O)cc2)cc1. The fraction of sp³-hybridized carbons (Fsp3) is 0.278. The zero-order chi connectivity index (χ0) is 14.8. The molecule has 0 heterocycles. The summed E-state index contributed by atoms with van der Waals surface area (Å²) in [5.74, 6) is 0.747. The van der Waals surface area contributed by atoms with E-state index in [1.807, 2.05) is 24.3 Å². The molecule has 1 amide bonds. The van der Waals surface area contributed by atoms with Crippen LogP contribution >= 0.6 is 0 Å². The fourth-order valence-corrected chi connectivity index (χ4v) is 2.60. The third-order valence-corrected chi connectivity index (χ3v) is 4.04. The number of hydrogen-bond acceptors (Lipinski definition) is 2. The van der Waals surface area contributed by atoms with Crippen molar-refractivity contribution in [2.75, 3.05) is 0 Å². The van der Waals surface area contributed by atoms with Gasteiger partial charge >= 0.3 is 0 Å². The van der Waals surface area contributed by atoms with Gasteiger partial charge in [0.25, 0.3) is 0 Å². The molecule has 0 bridgehead atoms.